The van der Waals surface area contributed by atoms with Gasteiger partial charge in [0, 0.05) is 38.0 Å². The van der Waals surface area contributed by atoms with Crippen LogP contribution in [0.3, 0.4) is 0 Å². The van der Waals surface area contributed by atoms with Crippen molar-refractivity contribution >= 4 is 35.6 Å². The van der Waals surface area contributed by atoms with E-state index in [2.05, 4.69) is 29.6 Å². The van der Waals surface area contributed by atoms with Crippen molar-refractivity contribution in [1.82, 2.24) is 20.0 Å². The number of aryl methyl sites for hydroxylation is 1. The number of halogens is 1. The van der Waals surface area contributed by atoms with Crippen molar-refractivity contribution in [3.8, 4) is 0 Å². The van der Waals surface area contributed by atoms with E-state index in [-0.39, 0.29) is 29.8 Å². The molecule has 2 heterocycles. The van der Waals surface area contributed by atoms with Gasteiger partial charge in [-0.15, -0.1) is 0 Å². The summed E-state index contributed by atoms with van der Waals surface area (Å²) in [7, 11) is 0. The van der Waals surface area contributed by atoms with Crippen LogP contribution in [-0.2, 0) is 25.7 Å². The summed E-state index contributed by atoms with van der Waals surface area (Å²) in [6, 6.07) is 4.52. The van der Waals surface area contributed by atoms with Crippen LogP contribution in [0.5, 0.6) is 0 Å². The quantitative estimate of drug-likeness (QED) is 0.319. The zero-order valence-corrected chi connectivity index (χ0v) is 27.3. The number of carbonyl (C=O) groups excluding carboxylic acids is 4. The molecule has 1 aromatic heterocycles. The maximum atomic E-state index is 15.7. The fourth-order valence-corrected chi connectivity index (χ4v) is 6.64. The van der Waals surface area contributed by atoms with E-state index in [1.807, 2.05) is 6.92 Å². The molecule has 2 N–H and O–H groups in total. The second-order valence-corrected chi connectivity index (χ2v) is 12.9. The van der Waals surface area contributed by atoms with Gasteiger partial charge in [-0.2, -0.15) is 5.10 Å². The highest BCUT2D eigenvalue weighted by Crippen LogP contribution is 2.35. The minimum Gasteiger partial charge on any atom is -0.344 e. The summed E-state index contributed by atoms with van der Waals surface area (Å²) in [6.45, 7) is 11.6. The van der Waals surface area contributed by atoms with Crippen molar-refractivity contribution in [2.45, 2.75) is 104 Å². The zero-order chi connectivity index (χ0) is 32.7. The molecule has 2 aliphatic rings. The number of likely N-dealkylation sites (tertiary alicyclic amines) is 1. The molecule has 4 amide bonds. The average Bonchev–Trinajstić information content (AvgIpc) is 3.52. The Labute approximate surface area is 266 Å². The Morgan fingerprint density at radius 3 is 2.31 bits per heavy atom. The van der Waals surface area contributed by atoms with E-state index < -0.39 is 29.7 Å². The number of aromatic nitrogens is 2. The number of nitrogens with one attached hydrogen (secondary N) is 2. The smallest absolute Gasteiger partial charge is 0.247 e. The minimum atomic E-state index is -0.840. The molecule has 45 heavy (non-hydrogen) atoms. The predicted molar refractivity (Wildman–Crippen MR) is 172 cm³/mol. The molecule has 0 spiro atoms. The third kappa shape index (κ3) is 8.10. The number of hydrogen-bond acceptors (Lipinski definition) is 5. The van der Waals surface area contributed by atoms with Gasteiger partial charge in [0.2, 0.25) is 24.1 Å². The van der Waals surface area contributed by atoms with Crippen LogP contribution in [0.15, 0.2) is 30.5 Å². The van der Waals surface area contributed by atoms with Crippen LogP contribution in [0.2, 0.25) is 0 Å². The highest BCUT2D eigenvalue weighted by molar-refractivity contribution is 6.00. The van der Waals surface area contributed by atoms with Crippen molar-refractivity contribution < 1.29 is 23.6 Å². The Bertz CT molecular complexity index is 1330. The number of nitrogens with zero attached hydrogens (tertiary/aromatic N) is 4. The lowest BCUT2D eigenvalue weighted by Crippen LogP contribution is -2.52. The lowest BCUT2D eigenvalue weighted by molar-refractivity contribution is -0.138. The maximum absolute atomic E-state index is 15.7. The molecule has 3 atom stereocenters. The van der Waals surface area contributed by atoms with Gasteiger partial charge in [-0.05, 0) is 68.1 Å². The van der Waals surface area contributed by atoms with Crippen LogP contribution in [0.4, 0.5) is 15.9 Å². The summed E-state index contributed by atoms with van der Waals surface area (Å²) >= 11 is 0. The Balaban J connectivity index is 1.57. The first-order chi connectivity index (χ1) is 21.6. The van der Waals surface area contributed by atoms with Gasteiger partial charge >= 0.3 is 0 Å². The zero-order valence-electron chi connectivity index (χ0n) is 27.3. The molecule has 2 fully saturated rings. The number of carbonyl (C=O) groups is 4. The molecule has 11 heteroatoms. The highest BCUT2D eigenvalue weighted by atomic mass is 19.1. The molecule has 1 saturated heterocycles. The van der Waals surface area contributed by atoms with Crippen LogP contribution in [0.25, 0.3) is 0 Å². The first-order valence-electron chi connectivity index (χ1n) is 16.5. The molecule has 1 aliphatic heterocycles. The highest BCUT2D eigenvalue weighted by Gasteiger charge is 2.38. The molecule has 10 nitrogen and oxygen atoms in total. The summed E-state index contributed by atoms with van der Waals surface area (Å²) in [5.41, 5.74) is 0.523. The van der Waals surface area contributed by atoms with Gasteiger partial charge in [0.25, 0.3) is 0 Å². The van der Waals surface area contributed by atoms with Crippen LogP contribution in [-0.4, -0.2) is 64.0 Å². The Morgan fingerprint density at radius 1 is 1.04 bits per heavy atom. The second kappa shape index (κ2) is 15.5. The van der Waals surface area contributed by atoms with Gasteiger partial charge in [-0.3, -0.25) is 24.1 Å². The van der Waals surface area contributed by atoms with E-state index in [4.69, 9.17) is 0 Å². The molecular formula is C34H49FN6O4. The molecule has 0 unspecified atom stereocenters. The third-order valence-corrected chi connectivity index (χ3v) is 9.72. The molecule has 1 aliphatic carbocycles. The maximum Gasteiger partial charge on any atom is 0.247 e. The summed E-state index contributed by atoms with van der Waals surface area (Å²) in [5, 5.41) is 9.91. The average molecular weight is 625 g/mol. The molecule has 246 valence electrons. The van der Waals surface area contributed by atoms with Gasteiger partial charge in [0.05, 0.1) is 11.9 Å². The van der Waals surface area contributed by atoms with E-state index in [0.717, 1.165) is 38.5 Å². The molecule has 0 bridgehead atoms. The Kier molecular flexibility index (Phi) is 11.7. The first-order valence-corrected chi connectivity index (χ1v) is 16.5. The van der Waals surface area contributed by atoms with E-state index in [9.17, 15) is 19.2 Å². The van der Waals surface area contributed by atoms with Crippen molar-refractivity contribution in [3.05, 3.63) is 41.8 Å². The third-order valence-electron chi connectivity index (χ3n) is 9.72. The fourth-order valence-electron chi connectivity index (χ4n) is 6.64. The standard InChI is InChI=1S/C34H49FN6O4/c1-6-29(43)38-31(34(45)39-18-15-23(4)16-19-39)24(5)26-12-13-28(27(35)20-26)37-33(44)32(25-10-8-22(3)9-11-25)40(21-42)30-14-17-36-41(30)7-2/h12-14,17,20-25,31-32H,6-11,15-16,18-19H2,1-5H3,(H,37,44)(H,38,43)/t22?,24-,25?,31+,32-/m0/s1. The topological polar surface area (TPSA) is 117 Å². The van der Waals surface area contributed by atoms with Crippen LogP contribution in [0, 0.1) is 23.6 Å². The molecule has 4 rings (SSSR count). The van der Waals surface area contributed by atoms with Crippen molar-refractivity contribution in [3.63, 3.8) is 0 Å². The number of piperidine rings is 1. The van der Waals surface area contributed by atoms with Crippen LogP contribution < -0.4 is 15.5 Å². The van der Waals surface area contributed by atoms with E-state index in [1.54, 1.807) is 41.8 Å². The largest absolute Gasteiger partial charge is 0.344 e. The van der Waals surface area contributed by atoms with Crippen LogP contribution in [0.1, 0.15) is 91.0 Å². The van der Waals surface area contributed by atoms with E-state index >= 15 is 4.39 Å². The normalized spacial score (nSPS) is 21.0. The number of hydrogen-bond donors (Lipinski definition) is 2. The molecule has 1 saturated carbocycles. The second-order valence-electron chi connectivity index (χ2n) is 12.9. The van der Waals surface area contributed by atoms with E-state index in [1.165, 1.54) is 17.0 Å². The molecule has 0 radical (unpaired) electrons. The minimum absolute atomic E-state index is 0.00883. The number of amides is 4. The van der Waals surface area contributed by atoms with E-state index in [0.29, 0.717) is 49.3 Å². The summed E-state index contributed by atoms with van der Waals surface area (Å²) in [4.78, 5) is 55.6. The molecular weight excluding hydrogens is 575 g/mol. The van der Waals surface area contributed by atoms with Crippen molar-refractivity contribution in [1.29, 1.82) is 0 Å². The Hall–Kier alpha value is -3.76. The van der Waals surface area contributed by atoms with Gasteiger partial charge in [-0.1, -0.05) is 46.6 Å². The monoisotopic (exact) mass is 624 g/mol. The first kappa shape index (κ1) is 34.1. The summed E-state index contributed by atoms with van der Waals surface area (Å²) in [6.07, 6.45) is 7.73. The fraction of sp³-hybridized carbons (Fsp3) is 0.618. The van der Waals surface area contributed by atoms with Crippen LogP contribution >= 0.6 is 0 Å². The lowest BCUT2D eigenvalue weighted by atomic mass is 9.78. The lowest BCUT2D eigenvalue weighted by Gasteiger charge is -2.37. The summed E-state index contributed by atoms with van der Waals surface area (Å²) < 4.78 is 17.4. The number of anilines is 2. The number of benzene rings is 1. The molecule has 1 aromatic carbocycles. The Morgan fingerprint density at radius 2 is 1.71 bits per heavy atom. The van der Waals surface area contributed by atoms with Gasteiger partial charge in [-0.25, -0.2) is 9.07 Å². The SMILES string of the molecule is CCC(=O)N[C@@H](C(=O)N1CCC(C)CC1)[C@@H](C)c1ccc(NC(=O)[C@H](C2CCC(C)CC2)N(C=O)c2ccnn2CC)c(F)c1. The van der Waals surface area contributed by atoms with Crippen molar-refractivity contribution in [2.75, 3.05) is 23.3 Å². The molecule has 2 aromatic rings. The number of rotatable bonds is 12. The van der Waals surface area contributed by atoms with Gasteiger partial charge < -0.3 is 15.5 Å². The van der Waals surface area contributed by atoms with Gasteiger partial charge in [0.1, 0.15) is 23.7 Å². The summed E-state index contributed by atoms with van der Waals surface area (Å²) in [5.74, 6) is -0.540. The predicted octanol–water partition coefficient (Wildman–Crippen LogP) is 5.10. The van der Waals surface area contributed by atoms with Gasteiger partial charge in [0.15, 0.2) is 0 Å². The van der Waals surface area contributed by atoms with Crippen molar-refractivity contribution in [2.24, 2.45) is 17.8 Å².